The number of rotatable bonds is 3. The van der Waals surface area contributed by atoms with Crippen LogP contribution in [0.15, 0.2) is 12.1 Å². The van der Waals surface area contributed by atoms with Gasteiger partial charge in [-0.3, -0.25) is 0 Å². The SMILES string of the molecule is Cc1cc(N)cc(C(=O)OCC2CCCO2)c1C. The van der Waals surface area contributed by atoms with E-state index in [0.29, 0.717) is 17.9 Å². The molecular weight excluding hydrogens is 230 g/mol. The summed E-state index contributed by atoms with van der Waals surface area (Å²) in [5, 5.41) is 0. The first-order chi connectivity index (χ1) is 8.58. The number of benzene rings is 1. The third-order valence-corrected chi connectivity index (χ3v) is 3.33. The summed E-state index contributed by atoms with van der Waals surface area (Å²) in [5.74, 6) is -0.321. The van der Waals surface area contributed by atoms with E-state index in [2.05, 4.69) is 0 Å². The van der Waals surface area contributed by atoms with Crippen molar-refractivity contribution < 1.29 is 14.3 Å². The Balaban J connectivity index is 2.04. The van der Waals surface area contributed by atoms with Crippen molar-refractivity contribution in [1.82, 2.24) is 0 Å². The van der Waals surface area contributed by atoms with Crippen LogP contribution < -0.4 is 5.73 Å². The van der Waals surface area contributed by atoms with Gasteiger partial charge in [-0.1, -0.05) is 0 Å². The summed E-state index contributed by atoms with van der Waals surface area (Å²) >= 11 is 0. The van der Waals surface area contributed by atoms with Gasteiger partial charge in [0.1, 0.15) is 6.61 Å². The van der Waals surface area contributed by atoms with Crippen molar-refractivity contribution in [3.63, 3.8) is 0 Å². The van der Waals surface area contributed by atoms with Gasteiger partial charge in [-0.15, -0.1) is 0 Å². The molecule has 4 nitrogen and oxygen atoms in total. The number of carbonyl (C=O) groups excluding carboxylic acids is 1. The Labute approximate surface area is 107 Å². The molecule has 1 aliphatic rings. The first-order valence-corrected chi connectivity index (χ1v) is 6.23. The van der Waals surface area contributed by atoms with Crippen LogP contribution in [0.1, 0.15) is 34.3 Å². The molecule has 1 unspecified atom stereocenters. The van der Waals surface area contributed by atoms with Gasteiger partial charge >= 0.3 is 5.97 Å². The van der Waals surface area contributed by atoms with Crippen molar-refractivity contribution in [2.75, 3.05) is 18.9 Å². The van der Waals surface area contributed by atoms with Crippen LogP contribution in [0.2, 0.25) is 0 Å². The van der Waals surface area contributed by atoms with Gasteiger partial charge in [-0.25, -0.2) is 4.79 Å². The molecule has 1 atom stereocenters. The van der Waals surface area contributed by atoms with E-state index in [0.717, 1.165) is 30.6 Å². The van der Waals surface area contributed by atoms with Crippen molar-refractivity contribution in [3.8, 4) is 0 Å². The van der Waals surface area contributed by atoms with Gasteiger partial charge < -0.3 is 15.2 Å². The molecule has 1 fully saturated rings. The van der Waals surface area contributed by atoms with Crippen LogP contribution in [-0.4, -0.2) is 25.3 Å². The Morgan fingerprint density at radius 2 is 2.28 bits per heavy atom. The lowest BCUT2D eigenvalue weighted by Gasteiger charge is -2.13. The lowest BCUT2D eigenvalue weighted by Crippen LogP contribution is -2.18. The summed E-state index contributed by atoms with van der Waals surface area (Å²) in [6.45, 7) is 4.92. The second kappa shape index (κ2) is 5.40. The molecule has 1 heterocycles. The Morgan fingerprint density at radius 1 is 1.50 bits per heavy atom. The maximum atomic E-state index is 12.0. The van der Waals surface area contributed by atoms with Gasteiger partial charge in [0.2, 0.25) is 0 Å². The third kappa shape index (κ3) is 2.82. The van der Waals surface area contributed by atoms with E-state index < -0.39 is 0 Å². The van der Waals surface area contributed by atoms with Crippen molar-refractivity contribution in [3.05, 3.63) is 28.8 Å². The molecule has 0 spiro atoms. The molecule has 0 saturated carbocycles. The minimum atomic E-state index is -0.321. The topological polar surface area (TPSA) is 61.6 Å². The summed E-state index contributed by atoms with van der Waals surface area (Å²) in [4.78, 5) is 12.0. The van der Waals surface area contributed by atoms with Gasteiger partial charge in [-0.2, -0.15) is 0 Å². The molecule has 1 saturated heterocycles. The molecule has 0 radical (unpaired) electrons. The fraction of sp³-hybridized carbons (Fsp3) is 0.500. The highest BCUT2D eigenvalue weighted by molar-refractivity contribution is 5.92. The summed E-state index contributed by atoms with van der Waals surface area (Å²) in [7, 11) is 0. The average Bonchev–Trinajstić information content (AvgIpc) is 2.83. The Bertz CT molecular complexity index is 451. The highest BCUT2D eigenvalue weighted by Gasteiger charge is 2.19. The van der Waals surface area contributed by atoms with Crippen molar-refractivity contribution >= 4 is 11.7 Å². The lowest BCUT2D eigenvalue weighted by atomic mass is 10.0. The molecule has 98 valence electrons. The molecular formula is C14H19NO3. The van der Waals surface area contributed by atoms with Gasteiger partial charge in [0.15, 0.2) is 0 Å². The molecule has 2 rings (SSSR count). The average molecular weight is 249 g/mol. The molecule has 1 aromatic carbocycles. The molecule has 2 N–H and O–H groups in total. The highest BCUT2D eigenvalue weighted by atomic mass is 16.6. The van der Waals surface area contributed by atoms with Crippen LogP contribution in [0.5, 0.6) is 0 Å². The molecule has 1 aliphatic heterocycles. The van der Waals surface area contributed by atoms with Crippen LogP contribution in [0.3, 0.4) is 0 Å². The summed E-state index contributed by atoms with van der Waals surface area (Å²) in [6, 6.07) is 3.52. The zero-order valence-electron chi connectivity index (χ0n) is 10.9. The fourth-order valence-electron chi connectivity index (χ4n) is 2.12. The smallest absolute Gasteiger partial charge is 0.338 e. The predicted octanol–water partition coefficient (Wildman–Crippen LogP) is 2.22. The number of carbonyl (C=O) groups is 1. The zero-order valence-corrected chi connectivity index (χ0v) is 10.9. The monoisotopic (exact) mass is 249 g/mol. The summed E-state index contributed by atoms with van der Waals surface area (Å²) < 4.78 is 10.7. The second-order valence-corrected chi connectivity index (χ2v) is 4.74. The number of esters is 1. The standard InChI is InChI=1S/C14H19NO3/c1-9-6-11(15)7-13(10(9)2)14(16)18-8-12-4-3-5-17-12/h6-7,12H,3-5,8,15H2,1-2H3. The van der Waals surface area contributed by atoms with Gasteiger partial charge in [0, 0.05) is 12.3 Å². The number of ether oxygens (including phenoxy) is 2. The van der Waals surface area contributed by atoms with Crippen LogP contribution in [0.4, 0.5) is 5.69 Å². The maximum Gasteiger partial charge on any atom is 0.338 e. The van der Waals surface area contributed by atoms with Crippen LogP contribution in [0.25, 0.3) is 0 Å². The molecule has 0 amide bonds. The number of aryl methyl sites for hydroxylation is 1. The van der Waals surface area contributed by atoms with Crippen LogP contribution in [0, 0.1) is 13.8 Å². The third-order valence-electron chi connectivity index (χ3n) is 3.33. The van der Waals surface area contributed by atoms with E-state index in [-0.39, 0.29) is 12.1 Å². The number of anilines is 1. The quantitative estimate of drug-likeness (QED) is 0.659. The number of hydrogen-bond donors (Lipinski definition) is 1. The largest absolute Gasteiger partial charge is 0.459 e. The van der Waals surface area contributed by atoms with E-state index in [1.54, 1.807) is 6.07 Å². The number of hydrogen-bond acceptors (Lipinski definition) is 4. The van der Waals surface area contributed by atoms with Crippen molar-refractivity contribution in [2.45, 2.75) is 32.8 Å². The summed E-state index contributed by atoms with van der Waals surface area (Å²) in [5.41, 5.74) is 8.80. The molecule has 0 aromatic heterocycles. The molecule has 1 aromatic rings. The second-order valence-electron chi connectivity index (χ2n) is 4.74. The zero-order chi connectivity index (χ0) is 13.1. The highest BCUT2D eigenvalue weighted by Crippen LogP contribution is 2.19. The first-order valence-electron chi connectivity index (χ1n) is 6.23. The normalized spacial score (nSPS) is 18.9. The van der Waals surface area contributed by atoms with Gasteiger partial charge in [-0.05, 0) is 49.9 Å². The Hall–Kier alpha value is -1.55. The predicted molar refractivity (Wildman–Crippen MR) is 69.6 cm³/mol. The molecule has 0 aliphatic carbocycles. The van der Waals surface area contributed by atoms with Crippen LogP contribution in [-0.2, 0) is 9.47 Å². The van der Waals surface area contributed by atoms with Gasteiger partial charge in [0.25, 0.3) is 0 Å². The minimum Gasteiger partial charge on any atom is -0.459 e. The first kappa shape index (κ1) is 12.9. The fourth-order valence-corrected chi connectivity index (χ4v) is 2.12. The van der Waals surface area contributed by atoms with E-state index in [1.807, 2.05) is 19.9 Å². The molecule has 4 heteroatoms. The number of nitrogen functional groups attached to an aromatic ring is 1. The lowest BCUT2D eigenvalue weighted by molar-refractivity contribution is 0.0160. The Kier molecular flexibility index (Phi) is 3.87. The van der Waals surface area contributed by atoms with Gasteiger partial charge in [0.05, 0.1) is 11.7 Å². The maximum absolute atomic E-state index is 12.0. The Morgan fingerprint density at radius 3 is 2.94 bits per heavy atom. The van der Waals surface area contributed by atoms with E-state index in [4.69, 9.17) is 15.2 Å². The van der Waals surface area contributed by atoms with Crippen molar-refractivity contribution in [1.29, 1.82) is 0 Å². The minimum absolute atomic E-state index is 0.0522. The van der Waals surface area contributed by atoms with E-state index in [9.17, 15) is 4.79 Å². The van der Waals surface area contributed by atoms with E-state index in [1.165, 1.54) is 0 Å². The van der Waals surface area contributed by atoms with Crippen LogP contribution >= 0.6 is 0 Å². The number of nitrogens with two attached hydrogens (primary N) is 1. The molecule has 18 heavy (non-hydrogen) atoms. The van der Waals surface area contributed by atoms with E-state index >= 15 is 0 Å². The molecule has 0 bridgehead atoms. The van der Waals surface area contributed by atoms with Crippen molar-refractivity contribution in [2.24, 2.45) is 0 Å². The summed E-state index contributed by atoms with van der Waals surface area (Å²) in [6.07, 6.45) is 2.05.